The topological polar surface area (TPSA) is 41.6 Å². The van der Waals surface area contributed by atoms with Crippen LogP contribution >= 0.6 is 0 Å². The van der Waals surface area contributed by atoms with Crippen LogP contribution in [0.5, 0.6) is 5.75 Å². The van der Waals surface area contributed by atoms with Gasteiger partial charge in [0.15, 0.2) is 0 Å². The second-order valence-electron chi connectivity index (χ2n) is 8.74. The first kappa shape index (κ1) is 26.2. The lowest BCUT2D eigenvalue weighted by atomic mass is 9.90. The first-order valence-electron chi connectivity index (χ1n) is 11.4. The molecule has 1 N–H and O–H groups in total. The fourth-order valence-corrected chi connectivity index (χ4v) is 3.93. The van der Waals surface area contributed by atoms with Crippen molar-refractivity contribution in [3.63, 3.8) is 0 Å². The molecule has 2 aromatic rings. The normalized spacial score (nSPS) is 11.8. The minimum atomic E-state index is -1.74. The second kappa shape index (κ2) is 11.2. The van der Waals surface area contributed by atoms with Crippen LogP contribution in [0.15, 0.2) is 54.8 Å². The van der Waals surface area contributed by atoms with E-state index in [4.69, 9.17) is 4.74 Å². The summed E-state index contributed by atoms with van der Waals surface area (Å²) in [5.74, 6) is -1.46. The van der Waals surface area contributed by atoms with Gasteiger partial charge in [-0.3, -0.25) is 4.79 Å². The zero-order valence-electron chi connectivity index (χ0n) is 21.0. The maximum Gasteiger partial charge on any atom is 0.243 e. The van der Waals surface area contributed by atoms with Gasteiger partial charge < -0.3 is 15.0 Å². The number of ether oxygens (including phenoxy) is 1. The molecule has 0 heterocycles. The third-order valence-electron chi connectivity index (χ3n) is 5.59. The predicted molar refractivity (Wildman–Crippen MR) is 136 cm³/mol. The molecule has 0 fully saturated rings. The maximum absolute atomic E-state index is 13.9. The van der Waals surface area contributed by atoms with Gasteiger partial charge in [-0.05, 0) is 78.8 Å². The molecule has 0 bridgehead atoms. The summed E-state index contributed by atoms with van der Waals surface area (Å²) >= 11 is 0. The number of alkyl halides is 1. The summed E-state index contributed by atoms with van der Waals surface area (Å²) in [6.45, 7) is 15.2. The standard InChI is InChI=1S/C28H37FN2O2/c1-9-19(4)18-31(8)27-20(5)25(16-22(24(27)10-2)17-30-26(32)11-3)21-12-14-23(15-13-21)33-28(6,7)29/h11-16,18H,3,9-10,17H2,1-2,4-8H3,(H,30,32)/b19-18+. The Balaban J connectivity index is 2.65. The summed E-state index contributed by atoms with van der Waals surface area (Å²) in [7, 11) is 2.07. The second-order valence-corrected chi connectivity index (χ2v) is 8.74. The van der Waals surface area contributed by atoms with Crippen molar-refractivity contribution < 1.29 is 13.9 Å². The summed E-state index contributed by atoms with van der Waals surface area (Å²) in [5.41, 5.74) is 7.88. The Labute approximate surface area is 198 Å². The predicted octanol–water partition coefficient (Wildman–Crippen LogP) is 6.86. The zero-order chi connectivity index (χ0) is 24.8. The van der Waals surface area contributed by atoms with Crippen LogP contribution in [0.2, 0.25) is 0 Å². The number of halogens is 1. The van der Waals surface area contributed by atoms with E-state index in [0.29, 0.717) is 12.3 Å². The van der Waals surface area contributed by atoms with E-state index in [0.717, 1.165) is 40.8 Å². The van der Waals surface area contributed by atoms with Gasteiger partial charge in [-0.25, -0.2) is 0 Å². The number of rotatable bonds is 10. The molecule has 0 aromatic heterocycles. The fourth-order valence-electron chi connectivity index (χ4n) is 3.93. The van der Waals surface area contributed by atoms with E-state index in [2.05, 4.69) is 63.8 Å². The van der Waals surface area contributed by atoms with Crippen LogP contribution in [0, 0.1) is 6.92 Å². The van der Waals surface area contributed by atoms with Gasteiger partial charge in [0.05, 0.1) is 0 Å². The monoisotopic (exact) mass is 452 g/mol. The first-order chi connectivity index (χ1) is 15.5. The van der Waals surface area contributed by atoms with E-state index < -0.39 is 5.85 Å². The molecule has 0 aliphatic rings. The minimum Gasteiger partial charge on any atom is -0.459 e. The van der Waals surface area contributed by atoms with Crippen molar-refractivity contribution in [1.29, 1.82) is 0 Å². The number of hydrogen-bond donors (Lipinski definition) is 1. The molecule has 0 radical (unpaired) electrons. The Morgan fingerprint density at radius 1 is 1.24 bits per heavy atom. The third-order valence-corrected chi connectivity index (χ3v) is 5.59. The Bertz CT molecular complexity index is 1020. The van der Waals surface area contributed by atoms with E-state index in [1.165, 1.54) is 31.1 Å². The number of nitrogens with zero attached hydrogens (tertiary/aromatic N) is 1. The summed E-state index contributed by atoms with van der Waals surface area (Å²) in [6.07, 6.45) is 5.25. The lowest BCUT2D eigenvalue weighted by molar-refractivity contribution is -0.116. The molecule has 1 amide bonds. The summed E-state index contributed by atoms with van der Waals surface area (Å²) in [5, 5.41) is 2.92. The summed E-state index contributed by atoms with van der Waals surface area (Å²) in [4.78, 5) is 14.0. The molecule has 178 valence electrons. The van der Waals surface area contributed by atoms with Crippen molar-refractivity contribution in [2.45, 2.75) is 66.8 Å². The average molecular weight is 453 g/mol. The van der Waals surface area contributed by atoms with Crippen molar-refractivity contribution in [3.05, 3.63) is 71.5 Å². The SMILES string of the molecule is C=CC(=O)NCc1cc(-c2ccc(OC(C)(C)F)cc2)c(C)c(N(C)/C=C(\C)CC)c1CC. The van der Waals surface area contributed by atoms with E-state index in [1.807, 2.05) is 12.1 Å². The Hall–Kier alpha value is -3.08. The number of nitrogens with one attached hydrogen (secondary N) is 1. The van der Waals surface area contributed by atoms with Gasteiger partial charge in [0.25, 0.3) is 0 Å². The Morgan fingerprint density at radius 3 is 2.39 bits per heavy atom. The van der Waals surface area contributed by atoms with E-state index in [-0.39, 0.29) is 5.91 Å². The molecule has 0 spiro atoms. The molecule has 0 saturated heterocycles. The highest BCUT2D eigenvalue weighted by Crippen LogP contribution is 2.37. The number of amides is 1. The fraction of sp³-hybridized carbons (Fsp3) is 0.393. The zero-order valence-corrected chi connectivity index (χ0v) is 21.0. The maximum atomic E-state index is 13.9. The summed E-state index contributed by atoms with van der Waals surface area (Å²) < 4.78 is 19.2. The molecule has 5 heteroatoms. The van der Waals surface area contributed by atoms with Crippen LogP contribution in [-0.2, 0) is 17.8 Å². The largest absolute Gasteiger partial charge is 0.459 e. The van der Waals surface area contributed by atoms with Gasteiger partial charge in [0.1, 0.15) is 5.75 Å². The molecule has 0 atom stereocenters. The van der Waals surface area contributed by atoms with E-state index in [1.54, 1.807) is 12.1 Å². The smallest absolute Gasteiger partial charge is 0.243 e. The van der Waals surface area contributed by atoms with Crippen LogP contribution in [0.4, 0.5) is 10.1 Å². The molecule has 0 saturated carbocycles. The molecule has 2 rings (SSSR count). The van der Waals surface area contributed by atoms with Gasteiger partial charge >= 0.3 is 0 Å². The van der Waals surface area contributed by atoms with Gasteiger partial charge in [-0.1, -0.05) is 38.1 Å². The van der Waals surface area contributed by atoms with Crippen molar-refractivity contribution in [1.82, 2.24) is 5.32 Å². The molecule has 2 aromatic carbocycles. The molecule has 0 aliphatic carbocycles. The van der Waals surface area contributed by atoms with Crippen molar-refractivity contribution in [3.8, 4) is 16.9 Å². The third kappa shape index (κ3) is 6.95. The van der Waals surface area contributed by atoms with Crippen LogP contribution in [0.1, 0.15) is 57.7 Å². The molecule has 0 unspecified atom stereocenters. The highest BCUT2D eigenvalue weighted by atomic mass is 19.2. The number of carbonyl (C=O) groups excluding carboxylic acids is 1. The van der Waals surface area contributed by atoms with Crippen LogP contribution in [-0.4, -0.2) is 18.8 Å². The lowest BCUT2D eigenvalue weighted by Gasteiger charge is -2.27. The van der Waals surface area contributed by atoms with Crippen LogP contribution < -0.4 is 15.0 Å². The Morgan fingerprint density at radius 2 is 1.88 bits per heavy atom. The molecule has 0 aliphatic heterocycles. The quantitative estimate of drug-likeness (QED) is 0.400. The lowest BCUT2D eigenvalue weighted by Crippen LogP contribution is -2.22. The van der Waals surface area contributed by atoms with E-state index in [9.17, 15) is 9.18 Å². The van der Waals surface area contributed by atoms with Gasteiger partial charge in [0, 0.05) is 39.3 Å². The van der Waals surface area contributed by atoms with Crippen molar-refractivity contribution >= 4 is 11.6 Å². The molecular formula is C28H37FN2O2. The summed E-state index contributed by atoms with van der Waals surface area (Å²) in [6, 6.07) is 9.59. The number of benzene rings is 2. The number of hydrogen-bond acceptors (Lipinski definition) is 3. The molecular weight excluding hydrogens is 415 g/mol. The first-order valence-corrected chi connectivity index (χ1v) is 11.4. The highest BCUT2D eigenvalue weighted by Gasteiger charge is 2.20. The number of allylic oxidation sites excluding steroid dienone is 1. The Kier molecular flexibility index (Phi) is 8.86. The van der Waals surface area contributed by atoms with Crippen LogP contribution in [0.25, 0.3) is 11.1 Å². The van der Waals surface area contributed by atoms with Gasteiger partial charge in [-0.2, -0.15) is 4.39 Å². The average Bonchev–Trinajstić information content (AvgIpc) is 2.76. The number of anilines is 1. The van der Waals surface area contributed by atoms with E-state index >= 15 is 0 Å². The highest BCUT2D eigenvalue weighted by molar-refractivity contribution is 5.87. The van der Waals surface area contributed by atoms with Gasteiger partial charge in [0.2, 0.25) is 11.8 Å². The molecule has 4 nitrogen and oxygen atoms in total. The van der Waals surface area contributed by atoms with Crippen LogP contribution in [0.3, 0.4) is 0 Å². The molecule has 33 heavy (non-hydrogen) atoms. The van der Waals surface area contributed by atoms with Crippen molar-refractivity contribution in [2.75, 3.05) is 11.9 Å². The van der Waals surface area contributed by atoms with Gasteiger partial charge in [-0.15, -0.1) is 0 Å². The van der Waals surface area contributed by atoms with Crippen molar-refractivity contribution in [2.24, 2.45) is 0 Å². The number of carbonyl (C=O) groups is 1. The minimum absolute atomic E-state index is 0.203.